The van der Waals surface area contributed by atoms with Crippen LogP contribution in [0.5, 0.6) is 0 Å². The van der Waals surface area contributed by atoms with Gasteiger partial charge >= 0.3 is 0 Å². The van der Waals surface area contributed by atoms with Crippen LogP contribution in [0.2, 0.25) is 0 Å². The summed E-state index contributed by atoms with van der Waals surface area (Å²) in [5.74, 6) is -0.261. The molecule has 0 amide bonds. The number of anilines is 2. The molecule has 5 rings (SSSR count). The number of hydrogen-bond acceptors (Lipinski definition) is 6. The van der Waals surface area contributed by atoms with Gasteiger partial charge in [-0.15, -0.1) is 0 Å². The van der Waals surface area contributed by atoms with Crippen molar-refractivity contribution in [1.29, 1.82) is 0 Å². The number of halogens is 2. The summed E-state index contributed by atoms with van der Waals surface area (Å²) >= 11 is 0. The Kier molecular flexibility index (Phi) is 6.38. The number of piperidine rings is 1. The molecule has 0 aliphatic carbocycles. The van der Waals surface area contributed by atoms with E-state index in [2.05, 4.69) is 34.9 Å². The Morgan fingerprint density at radius 1 is 0.971 bits per heavy atom. The lowest BCUT2D eigenvalue weighted by atomic mass is 9.74. The lowest BCUT2D eigenvalue weighted by Gasteiger charge is -2.38. The summed E-state index contributed by atoms with van der Waals surface area (Å²) in [7, 11) is 0. The predicted molar refractivity (Wildman–Crippen MR) is 129 cm³/mol. The van der Waals surface area contributed by atoms with Gasteiger partial charge in [-0.25, -0.2) is 8.78 Å². The van der Waals surface area contributed by atoms with Crippen molar-refractivity contribution in [3.05, 3.63) is 46.7 Å². The highest BCUT2D eigenvalue weighted by Gasteiger charge is 2.32. The maximum absolute atomic E-state index is 14.1. The Bertz CT molecular complexity index is 1170. The summed E-state index contributed by atoms with van der Waals surface area (Å²) in [5.41, 5.74) is 3.54. The van der Waals surface area contributed by atoms with E-state index in [9.17, 15) is 8.78 Å². The molecule has 182 valence electrons. The van der Waals surface area contributed by atoms with E-state index in [0.717, 1.165) is 80.5 Å². The minimum Gasteiger partial charge on any atom is -0.354 e. The number of aromatic nitrogens is 4. The smallest absolute Gasteiger partial charge is 0.229 e. The normalized spacial score (nSPS) is 18.9. The SMILES string of the molecule is CC(C)c1cnn2c3nc(nc12)NCC1(CCCCc2cc(F)c(F)cc2CN3)CCNCC1. The molecule has 0 unspecified atom stereocenters. The van der Waals surface area contributed by atoms with E-state index < -0.39 is 11.6 Å². The fourth-order valence-electron chi connectivity index (χ4n) is 5.25. The molecule has 1 fully saturated rings. The van der Waals surface area contributed by atoms with Crippen LogP contribution < -0.4 is 16.0 Å². The van der Waals surface area contributed by atoms with Gasteiger partial charge in [-0.05, 0) is 79.8 Å². The molecule has 2 aliphatic heterocycles. The molecule has 34 heavy (non-hydrogen) atoms. The lowest BCUT2D eigenvalue weighted by Crippen LogP contribution is -2.41. The summed E-state index contributed by atoms with van der Waals surface area (Å²) in [5, 5.41) is 14.9. The van der Waals surface area contributed by atoms with Crippen LogP contribution in [0.4, 0.5) is 20.7 Å². The molecule has 2 bridgehead atoms. The minimum absolute atomic E-state index is 0.163. The summed E-state index contributed by atoms with van der Waals surface area (Å²) in [6.45, 7) is 7.37. The van der Waals surface area contributed by atoms with Crippen LogP contribution in [0.15, 0.2) is 18.3 Å². The zero-order valence-electron chi connectivity index (χ0n) is 19.9. The molecular weight excluding hydrogens is 436 g/mol. The molecule has 3 aromatic rings. The van der Waals surface area contributed by atoms with Gasteiger partial charge in [0.15, 0.2) is 17.3 Å². The van der Waals surface area contributed by atoms with Gasteiger partial charge in [-0.2, -0.15) is 19.6 Å². The van der Waals surface area contributed by atoms with Gasteiger partial charge < -0.3 is 16.0 Å². The van der Waals surface area contributed by atoms with Crippen LogP contribution in [0.25, 0.3) is 5.65 Å². The second-order valence-corrected chi connectivity index (χ2v) is 10.1. The molecule has 0 saturated carbocycles. The van der Waals surface area contributed by atoms with Gasteiger partial charge in [0.25, 0.3) is 0 Å². The van der Waals surface area contributed by atoms with Crippen molar-refractivity contribution in [3.8, 4) is 0 Å². The van der Waals surface area contributed by atoms with Crippen LogP contribution in [-0.4, -0.2) is 39.2 Å². The Morgan fingerprint density at radius 3 is 2.50 bits per heavy atom. The van der Waals surface area contributed by atoms with E-state index in [0.29, 0.717) is 18.4 Å². The number of hydrogen-bond donors (Lipinski definition) is 3. The monoisotopic (exact) mass is 469 g/mol. The third kappa shape index (κ3) is 4.58. The van der Waals surface area contributed by atoms with Crippen molar-refractivity contribution >= 4 is 17.5 Å². The van der Waals surface area contributed by atoms with Crippen LogP contribution >= 0.6 is 0 Å². The van der Waals surface area contributed by atoms with E-state index in [-0.39, 0.29) is 11.3 Å². The number of benzene rings is 1. The third-order valence-electron chi connectivity index (χ3n) is 7.39. The quantitative estimate of drug-likeness (QED) is 0.482. The van der Waals surface area contributed by atoms with Crippen molar-refractivity contribution in [3.63, 3.8) is 0 Å². The van der Waals surface area contributed by atoms with Gasteiger partial charge in [-0.1, -0.05) is 20.3 Å². The van der Waals surface area contributed by atoms with Gasteiger partial charge in [0, 0.05) is 18.7 Å². The second kappa shape index (κ2) is 9.44. The molecule has 1 saturated heterocycles. The topological polar surface area (TPSA) is 79.2 Å². The number of rotatable bonds is 1. The first-order chi connectivity index (χ1) is 16.4. The van der Waals surface area contributed by atoms with E-state index >= 15 is 0 Å². The van der Waals surface area contributed by atoms with Gasteiger partial charge in [0.2, 0.25) is 11.9 Å². The molecule has 7 nitrogen and oxygen atoms in total. The Hall–Kier alpha value is -2.81. The molecule has 3 N–H and O–H groups in total. The zero-order valence-corrected chi connectivity index (χ0v) is 19.9. The highest BCUT2D eigenvalue weighted by Crippen LogP contribution is 2.35. The van der Waals surface area contributed by atoms with E-state index in [4.69, 9.17) is 9.97 Å². The Labute approximate surface area is 198 Å². The highest BCUT2D eigenvalue weighted by molar-refractivity contribution is 5.56. The summed E-state index contributed by atoms with van der Waals surface area (Å²) < 4.78 is 29.9. The maximum atomic E-state index is 14.1. The maximum Gasteiger partial charge on any atom is 0.229 e. The molecule has 2 aromatic heterocycles. The molecule has 1 aromatic carbocycles. The average Bonchev–Trinajstić information content (AvgIpc) is 3.26. The lowest BCUT2D eigenvalue weighted by molar-refractivity contribution is 0.194. The first-order valence-corrected chi connectivity index (χ1v) is 12.4. The van der Waals surface area contributed by atoms with E-state index in [1.807, 2.05) is 6.20 Å². The molecule has 2 aliphatic rings. The van der Waals surface area contributed by atoms with E-state index in [1.54, 1.807) is 4.52 Å². The predicted octanol–water partition coefficient (Wildman–Crippen LogP) is 4.65. The number of nitrogens with zero attached hydrogens (tertiary/aromatic N) is 4. The van der Waals surface area contributed by atoms with Gasteiger partial charge in [0.05, 0.1) is 6.20 Å². The molecule has 0 atom stereocenters. The molecule has 0 radical (unpaired) electrons. The molecule has 4 heterocycles. The van der Waals surface area contributed by atoms with Crippen molar-refractivity contribution < 1.29 is 8.78 Å². The minimum atomic E-state index is -0.827. The third-order valence-corrected chi connectivity index (χ3v) is 7.39. The van der Waals surface area contributed by atoms with Crippen molar-refractivity contribution in [2.75, 3.05) is 30.3 Å². The van der Waals surface area contributed by atoms with Crippen LogP contribution in [-0.2, 0) is 13.0 Å². The standard InChI is InChI=1S/C25H33F2N7/c1-16(2)19-14-31-34-22(19)32-23-30-15-25(7-9-28-10-8-25)6-4-3-5-17-11-20(26)21(27)12-18(17)13-29-24(34)33-23/h11-12,14,16,28H,3-10,13,15H2,1-2H3,(H2,29,30,32,33). The van der Waals surface area contributed by atoms with Crippen molar-refractivity contribution in [2.45, 2.75) is 64.8 Å². The highest BCUT2D eigenvalue weighted by atomic mass is 19.2. The molecular formula is C25H33F2N7. The molecule has 1 spiro atoms. The summed E-state index contributed by atoms with van der Waals surface area (Å²) in [6.07, 6.45) is 7.79. The summed E-state index contributed by atoms with van der Waals surface area (Å²) in [4.78, 5) is 9.55. The van der Waals surface area contributed by atoms with E-state index in [1.165, 1.54) is 12.1 Å². The van der Waals surface area contributed by atoms with Crippen LogP contribution in [0, 0.1) is 17.0 Å². The molecule has 9 heteroatoms. The number of fused-ring (bicyclic) bond motifs is 5. The number of aryl methyl sites for hydroxylation is 1. The summed E-state index contributed by atoms with van der Waals surface area (Å²) in [6, 6.07) is 2.66. The zero-order chi connectivity index (χ0) is 23.7. The average molecular weight is 470 g/mol. The Morgan fingerprint density at radius 2 is 1.74 bits per heavy atom. The largest absolute Gasteiger partial charge is 0.354 e. The van der Waals surface area contributed by atoms with Crippen LogP contribution in [0.1, 0.15) is 68.6 Å². The van der Waals surface area contributed by atoms with Crippen molar-refractivity contribution in [2.24, 2.45) is 5.41 Å². The fraction of sp³-hybridized carbons (Fsp3) is 0.560. The Balaban J connectivity index is 1.57. The number of nitrogens with one attached hydrogen (secondary N) is 3. The first-order valence-electron chi connectivity index (χ1n) is 12.4. The van der Waals surface area contributed by atoms with Crippen molar-refractivity contribution in [1.82, 2.24) is 24.9 Å². The first kappa shape index (κ1) is 23.0. The second-order valence-electron chi connectivity index (χ2n) is 10.1. The van der Waals surface area contributed by atoms with Crippen LogP contribution in [0.3, 0.4) is 0 Å². The van der Waals surface area contributed by atoms with Gasteiger partial charge in [0.1, 0.15) is 0 Å². The fourth-order valence-corrected chi connectivity index (χ4v) is 5.25. The van der Waals surface area contributed by atoms with Gasteiger partial charge in [-0.3, -0.25) is 0 Å².